The lowest BCUT2D eigenvalue weighted by atomic mass is 10.0. The van der Waals surface area contributed by atoms with E-state index in [-0.39, 0.29) is 19.4 Å². The number of unbranched alkanes of at least 4 members (excludes halogenated alkanes) is 24. The number of rotatable bonds is 44. The fourth-order valence-corrected chi connectivity index (χ4v) is 7.20. The van der Waals surface area contributed by atoms with Crippen LogP contribution in [0.4, 0.5) is 0 Å². The number of phosphoric ester groups is 1. The molecule has 0 saturated heterocycles. The highest BCUT2D eigenvalue weighted by Gasteiger charge is 2.27. The summed E-state index contributed by atoms with van der Waals surface area (Å²) in [7, 11) is -4.62. The number of ether oxygens (including phenoxy) is 2. The maximum atomic E-state index is 12.6. The Morgan fingerprint density at radius 3 is 1.38 bits per heavy atom. The van der Waals surface area contributed by atoms with Crippen molar-refractivity contribution < 1.29 is 47.8 Å². The van der Waals surface area contributed by atoms with E-state index in [9.17, 15) is 24.2 Å². The maximum Gasteiger partial charge on any atom is 0.472 e. The Kier molecular flexibility index (Phi) is 41.9. The van der Waals surface area contributed by atoms with Crippen molar-refractivity contribution in [3.8, 4) is 0 Å². The van der Waals surface area contributed by atoms with Crippen molar-refractivity contribution in [1.82, 2.24) is 0 Å². The molecule has 0 aliphatic carbocycles. The minimum absolute atomic E-state index is 0.171. The molecule has 3 unspecified atom stereocenters. The maximum absolute atomic E-state index is 12.6. The van der Waals surface area contributed by atoms with Gasteiger partial charge in [-0.2, -0.15) is 0 Å². The number of hydrogen-bond acceptors (Lipinski definition) is 9. The number of aliphatic hydroxyl groups excluding tert-OH is 2. The molecule has 0 amide bonds. The summed E-state index contributed by atoms with van der Waals surface area (Å²) in [5.74, 6) is -0.932. The van der Waals surface area contributed by atoms with Gasteiger partial charge in [-0.05, 0) is 51.4 Å². The van der Waals surface area contributed by atoms with Crippen molar-refractivity contribution >= 4 is 19.8 Å². The highest BCUT2D eigenvalue weighted by molar-refractivity contribution is 7.47. The Balaban J connectivity index is 4.26. The van der Waals surface area contributed by atoms with Crippen LogP contribution in [-0.4, -0.2) is 65.7 Å². The standard InChI is InChI=1S/C47H87O10P/c1-3-5-7-9-11-13-15-17-19-21-22-23-25-27-29-31-33-35-37-39-47(51)57-45(43-56-58(52,53)55-41-44(49)40-48)42-54-46(50)38-36-34-32-30-28-26-24-20-18-16-14-12-10-8-6-4-2/h11,13,17,19,22-23,44-45,48-49H,3-10,12,14-16,18,20-21,24-43H2,1-2H3,(H,52,53)/b13-11-,19-17-,23-22-. The average Bonchev–Trinajstić information content (AvgIpc) is 3.21. The number of allylic oxidation sites excluding steroid dienone is 6. The smallest absolute Gasteiger partial charge is 0.462 e. The third-order valence-electron chi connectivity index (χ3n) is 10.0. The molecule has 11 heteroatoms. The second kappa shape index (κ2) is 43.3. The number of hydrogen-bond donors (Lipinski definition) is 3. The van der Waals surface area contributed by atoms with Crippen LogP contribution in [0, 0.1) is 0 Å². The van der Waals surface area contributed by atoms with E-state index in [1.165, 1.54) is 103 Å². The van der Waals surface area contributed by atoms with Crippen molar-refractivity contribution in [1.29, 1.82) is 0 Å². The Morgan fingerprint density at radius 1 is 0.517 bits per heavy atom. The summed E-state index contributed by atoms with van der Waals surface area (Å²) in [6.07, 6.45) is 45.3. The molecular formula is C47H87O10P. The van der Waals surface area contributed by atoms with Gasteiger partial charge in [0.2, 0.25) is 0 Å². The first-order chi connectivity index (χ1) is 28.2. The van der Waals surface area contributed by atoms with Gasteiger partial charge in [-0.25, -0.2) is 4.57 Å². The van der Waals surface area contributed by atoms with Gasteiger partial charge < -0.3 is 24.6 Å². The third-order valence-corrected chi connectivity index (χ3v) is 11.0. The number of carbonyl (C=O) groups excluding carboxylic acids is 2. The molecule has 0 radical (unpaired) electrons. The highest BCUT2D eigenvalue weighted by atomic mass is 31.2. The van der Waals surface area contributed by atoms with Gasteiger partial charge in [-0.15, -0.1) is 0 Å². The van der Waals surface area contributed by atoms with E-state index in [1.807, 2.05) is 0 Å². The zero-order chi connectivity index (χ0) is 42.6. The van der Waals surface area contributed by atoms with Gasteiger partial charge in [-0.1, -0.05) is 185 Å². The number of aliphatic hydroxyl groups is 2. The van der Waals surface area contributed by atoms with E-state index >= 15 is 0 Å². The van der Waals surface area contributed by atoms with E-state index in [2.05, 4.69) is 50.3 Å². The number of phosphoric acid groups is 1. The molecule has 0 aromatic carbocycles. The van der Waals surface area contributed by atoms with Crippen LogP contribution < -0.4 is 0 Å². The molecule has 0 saturated carbocycles. The van der Waals surface area contributed by atoms with E-state index in [0.29, 0.717) is 12.8 Å². The van der Waals surface area contributed by atoms with E-state index in [4.69, 9.17) is 23.6 Å². The summed E-state index contributed by atoms with van der Waals surface area (Å²) in [6.45, 7) is 2.36. The largest absolute Gasteiger partial charge is 0.472 e. The molecule has 3 N–H and O–H groups in total. The summed E-state index contributed by atoms with van der Waals surface area (Å²) in [5, 5.41) is 18.4. The van der Waals surface area contributed by atoms with Crippen molar-refractivity contribution in [3.63, 3.8) is 0 Å². The van der Waals surface area contributed by atoms with Crippen molar-refractivity contribution in [3.05, 3.63) is 36.5 Å². The topological polar surface area (TPSA) is 149 Å². The molecule has 58 heavy (non-hydrogen) atoms. The van der Waals surface area contributed by atoms with Crippen molar-refractivity contribution in [2.24, 2.45) is 0 Å². The molecule has 0 rings (SSSR count). The SMILES string of the molecule is CCCCC/C=C\C/C=C\C/C=C\CCCCCCCCC(=O)OC(COC(=O)CCCCCCCCCCCCCCCCCC)COP(=O)(O)OCC(O)CO. The zero-order valence-corrected chi connectivity index (χ0v) is 37.9. The third kappa shape index (κ3) is 42.3. The Morgan fingerprint density at radius 2 is 0.897 bits per heavy atom. The van der Waals surface area contributed by atoms with Gasteiger partial charge in [0.1, 0.15) is 12.7 Å². The predicted octanol–water partition coefficient (Wildman–Crippen LogP) is 12.7. The lowest BCUT2D eigenvalue weighted by molar-refractivity contribution is -0.161. The summed E-state index contributed by atoms with van der Waals surface area (Å²) in [4.78, 5) is 35.1. The summed E-state index contributed by atoms with van der Waals surface area (Å²) >= 11 is 0. The average molecular weight is 843 g/mol. The summed E-state index contributed by atoms with van der Waals surface area (Å²) in [5.41, 5.74) is 0. The van der Waals surface area contributed by atoms with Crippen LogP contribution in [0.1, 0.15) is 213 Å². The first-order valence-corrected chi connectivity index (χ1v) is 24.9. The van der Waals surface area contributed by atoms with E-state index in [0.717, 1.165) is 70.6 Å². The van der Waals surface area contributed by atoms with Crippen LogP contribution in [0.3, 0.4) is 0 Å². The molecule has 0 heterocycles. The lowest BCUT2D eigenvalue weighted by Crippen LogP contribution is -2.29. The van der Waals surface area contributed by atoms with E-state index in [1.54, 1.807) is 0 Å². The van der Waals surface area contributed by atoms with Crippen molar-refractivity contribution in [2.75, 3.05) is 26.4 Å². The lowest BCUT2D eigenvalue weighted by Gasteiger charge is -2.20. The Labute approximate surface area is 354 Å². The quantitative estimate of drug-likeness (QED) is 0.0234. The van der Waals surface area contributed by atoms with Gasteiger partial charge in [0.05, 0.1) is 19.8 Å². The molecule has 0 bridgehead atoms. The number of carbonyl (C=O) groups is 2. The molecule has 3 atom stereocenters. The number of esters is 2. The van der Waals surface area contributed by atoms with Crippen LogP contribution in [0.15, 0.2) is 36.5 Å². The minimum atomic E-state index is -4.62. The second-order valence-corrected chi connectivity index (χ2v) is 17.2. The van der Waals surface area contributed by atoms with Gasteiger partial charge in [0, 0.05) is 12.8 Å². The fourth-order valence-electron chi connectivity index (χ4n) is 6.41. The molecule has 0 aliphatic heterocycles. The molecule has 0 aromatic rings. The molecule has 0 fully saturated rings. The molecule has 0 aliphatic rings. The molecule has 340 valence electrons. The van der Waals surface area contributed by atoms with Crippen LogP contribution in [0.5, 0.6) is 0 Å². The van der Waals surface area contributed by atoms with Gasteiger partial charge in [0.15, 0.2) is 6.10 Å². The molecule has 0 aromatic heterocycles. The second-order valence-electron chi connectivity index (χ2n) is 15.8. The monoisotopic (exact) mass is 843 g/mol. The van der Waals surface area contributed by atoms with E-state index < -0.39 is 51.8 Å². The fraction of sp³-hybridized carbons (Fsp3) is 0.830. The summed E-state index contributed by atoms with van der Waals surface area (Å²) in [6, 6.07) is 0. The van der Waals surface area contributed by atoms with Crippen LogP contribution in [0.25, 0.3) is 0 Å². The van der Waals surface area contributed by atoms with Crippen LogP contribution in [0.2, 0.25) is 0 Å². The summed E-state index contributed by atoms with van der Waals surface area (Å²) < 4.78 is 32.8. The zero-order valence-electron chi connectivity index (χ0n) is 37.0. The predicted molar refractivity (Wildman–Crippen MR) is 238 cm³/mol. The Hall–Kier alpha value is -1.81. The normalized spacial score (nSPS) is 14.1. The highest BCUT2D eigenvalue weighted by Crippen LogP contribution is 2.43. The first kappa shape index (κ1) is 56.2. The molecule has 0 spiro atoms. The molecule has 10 nitrogen and oxygen atoms in total. The Bertz CT molecular complexity index is 1060. The van der Waals surface area contributed by atoms with Crippen LogP contribution >= 0.6 is 7.82 Å². The van der Waals surface area contributed by atoms with Crippen molar-refractivity contribution in [2.45, 2.75) is 225 Å². The van der Waals surface area contributed by atoms with Gasteiger partial charge >= 0.3 is 19.8 Å². The van der Waals surface area contributed by atoms with Crippen LogP contribution in [-0.2, 0) is 32.7 Å². The van der Waals surface area contributed by atoms with Gasteiger partial charge in [-0.3, -0.25) is 18.6 Å². The molecular weight excluding hydrogens is 755 g/mol. The van der Waals surface area contributed by atoms with Gasteiger partial charge in [0.25, 0.3) is 0 Å². The first-order valence-electron chi connectivity index (χ1n) is 23.4. The minimum Gasteiger partial charge on any atom is -0.462 e.